The number of aromatic nitrogens is 2. The van der Waals surface area contributed by atoms with Gasteiger partial charge in [0.2, 0.25) is 0 Å². The summed E-state index contributed by atoms with van der Waals surface area (Å²) < 4.78 is 1.16. The van der Waals surface area contributed by atoms with Crippen LogP contribution in [0.5, 0.6) is 11.5 Å². The van der Waals surface area contributed by atoms with E-state index in [1.54, 1.807) is 6.92 Å². The molecule has 1 aromatic carbocycles. The van der Waals surface area contributed by atoms with Gasteiger partial charge in [0, 0.05) is 18.0 Å². The van der Waals surface area contributed by atoms with E-state index < -0.39 is 11.7 Å². The third-order valence-electron chi connectivity index (χ3n) is 2.82. The number of aryl methyl sites for hydroxylation is 2. The molecule has 0 spiro atoms. The van der Waals surface area contributed by atoms with Crippen LogP contribution in [0, 0.1) is 6.92 Å². The molecule has 0 atom stereocenters. The predicted octanol–water partition coefficient (Wildman–Crippen LogP) is 0.591. The van der Waals surface area contributed by atoms with Crippen LogP contribution in [-0.2, 0) is 11.3 Å². The third-order valence-corrected chi connectivity index (χ3v) is 2.82. The molecule has 0 bridgehead atoms. The number of aliphatic carboxylic acids is 1. The number of aromatic hydroxyl groups is 2. The largest absolute Gasteiger partial charge is 0.504 e. The summed E-state index contributed by atoms with van der Waals surface area (Å²) in [6.45, 7) is 1.55. The summed E-state index contributed by atoms with van der Waals surface area (Å²) in [4.78, 5) is 26.1. The van der Waals surface area contributed by atoms with Crippen LogP contribution in [0.2, 0.25) is 0 Å². The fourth-order valence-corrected chi connectivity index (χ4v) is 1.87. The van der Waals surface area contributed by atoms with E-state index in [1.807, 2.05) is 0 Å². The summed E-state index contributed by atoms with van der Waals surface area (Å²) in [6.07, 6.45) is -0.235. The van der Waals surface area contributed by atoms with Crippen LogP contribution < -0.4 is 5.69 Å². The number of nitrogens with zero attached hydrogens (tertiary/aromatic N) is 2. The Labute approximate surface area is 107 Å². The number of hydrogen-bond donors (Lipinski definition) is 3. The molecule has 0 fully saturated rings. The first-order chi connectivity index (χ1) is 8.90. The van der Waals surface area contributed by atoms with Gasteiger partial charge in [-0.05, 0) is 13.0 Å². The van der Waals surface area contributed by atoms with E-state index in [1.165, 1.54) is 12.1 Å². The molecule has 0 saturated heterocycles. The molecule has 2 aromatic rings. The van der Waals surface area contributed by atoms with Crippen molar-refractivity contribution in [1.82, 2.24) is 9.55 Å². The van der Waals surface area contributed by atoms with Gasteiger partial charge in [-0.25, -0.2) is 4.79 Å². The summed E-state index contributed by atoms with van der Waals surface area (Å²) in [5, 5.41) is 28.1. The zero-order valence-electron chi connectivity index (χ0n) is 10.1. The number of carbonyl (C=O) groups is 1. The molecule has 7 nitrogen and oxygen atoms in total. The lowest BCUT2D eigenvalue weighted by molar-refractivity contribution is -0.137. The van der Waals surface area contributed by atoms with Crippen LogP contribution in [-0.4, -0.2) is 30.8 Å². The van der Waals surface area contributed by atoms with Gasteiger partial charge >= 0.3 is 11.7 Å². The van der Waals surface area contributed by atoms with Crippen molar-refractivity contribution in [2.75, 3.05) is 0 Å². The van der Waals surface area contributed by atoms with Gasteiger partial charge in [-0.3, -0.25) is 9.36 Å². The van der Waals surface area contributed by atoms with E-state index in [0.717, 1.165) is 4.57 Å². The van der Waals surface area contributed by atoms with Crippen molar-refractivity contribution in [2.45, 2.75) is 19.9 Å². The lowest BCUT2D eigenvalue weighted by Crippen LogP contribution is -2.25. The Morgan fingerprint density at radius 3 is 2.58 bits per heavy atom. The van der Waals surface area contributed by atoms with E-state index in [9.17, 15) is 19.8 Å². The Bertz CT molecular complexity index is 720. The highest BCUT2D eigenvalue weighted by Gasteiger charge is 2.12. The van der Waals surface area contributed by atoms with Crippen LogP contribution >= 0.6 is 0 Å². The molecule has 1 heterocycles. The number of benzene rings is 1. The molecule has 0 radical (unpaired) electrons. The van der Waals surface area contributed by atoms with E-state index in [2.05, 4.69) is 4.98 Å². The molecule has 100 valence electrons. The highest BCUT2D eigenvalue weighted by atomic mass is 16.4. The van der Waals surface area contributed by atoms with Crippen molar-refractivity contribution in [3.63, 3.8) is 0 Å². The van der Waals surface area contributed by atoms with E-state index in [0.29, 0.717) is 16.6 Å². The van der Waals surface area contributed by atoms with Gasteiger partial charge in [-0.15, -0.1) is 0 Å². The van der Waals surface area contributed by atoms with E-state index >= 15 is 0 Å². The zero-order valence-corrected chi connectivity index (χ0v) is 10.1. The summed E-state index contributed by atoms with van der Waals surface area (Å²) in [7, 11) is 0. The van der Waals surface area contributed by atoms with Gasteiger partial charge in [0.05, 0.1) is 17.6 Å². The minimum absolute atomic E-state index is 0.0534. The minimum Gasteiger partial charge on any atom is -0.504 e. The zero-order chi connectivity index (χ0) is 14.2. The Morgan fingerprint density at radius 1 is 1.32 bits per heavy atom. The van der Waals surface area contributed by atoms with Crippen LogP contribution in [0.4, 0.5) is 0 Å². The average Bonchev–Trinajstić information content (AvgIpc) is 2.31. The number of fused-ring (bicyclic) bond motifs is 1. The lowest BCUT2D eigenvalue weighted by Gasteiger charge is -2.11. The molecule has 19 heavy (non-hydrogen) atoms. The fourth-order valence-electron chi connectivity index (χ4n) is 1.87. The first-order valence-corrected chi connectivity index (χ1v) is 5.55. The molecule has 0 unspecified atom stereocenters. The number of rotatable bonds is 3. The highest BCUT2D eigenvalue weighted by molar-refractivity contribution is 5.84. The van der Waals surface area contributed by atoms with Gasteiger partial charge < -0.3 is 15.3 Å². The maximum Gasteiger partial charge on any atom is 0.348 e. The van der Waals surface area contributed by atoms with Gasteiger partial charge in [-0.1, -0.05) is 0 Å². The summed E-state index contributed by atoms with van der Waals surface area (Å²) >= 11 is 0. The Hall–Kier alpha value is -2.57. The van der Waals surface area contributed by atoms with Crippen LogP contribution in [0.15, 0.2) is 16.9 Å². The van der Waals surface area contributed by atoms with Crippen molar-refractivity contribution < 1.29 is 20.1 Å². The molecule has 0 aliphatic carbocycles. The second-order valence-corrected chi connectivity index (χ2v) is 4.13. The molecule has 0 aliphatic rings. The second kappa shape index (κ2) is 4.60. The predicted molar refractivity (Wildman–Crippen MR) is 66.3 cm³/mol. The smallest absolute Gasteiger partial charge is 0.348 e. The van der Waals surface area contributed by atoms with Crippen molar-refractivity contribution >= 4 is 16.9 Å². The number of carboxylic acid groups (broad SMARTS) is 1. The maximum absolute atomic E-state index is 11.8. The SMILES string of the molecule is Cc1nc(=O)n(CCC(=O)O)c2cc(O)c(O)cc12. The van der Waals surface area contributed by atoms with Gasteiger partial charge in [0.15, 0.2) is 11.5 Å². The fraction of sp³-hybridized carbons (Fsp3) is 0.250. The number of carboxylic acids is 1. The first kappa shape index (κ1) is 12.9. The normalized spacial score (nSPS) is 10.8. The molecule has 1 aromatic heterocycles. The lowest BCUT2D eigenvalue weighted by atomic mass is 10.1. The standard InChI is InChI=1S/C12H12N2O5/c1-6-7-4-9(15)10(16)5-8(7)14(12(19)13-6)3-2-11(17)18/h4-5,15-16H,2-3H2,1H3,(H,17,18). The van der Waals surface area contributed by atoms with Gasteiger partial charge in [-0.2, -0.15) is 4.98 Å². The average molecular weight is 264 g/mol. The highest BCUT2D eigenvalue weighted by Crippen LogP contribution is 2.30. The first-order valence-electron chi connectivity index (χ1n) is 5.55. The summed E-state index contributed by atoms with van der Waals surface area (Å²) in [6, 6.07) is 2.52. The summed E-state index contributed by atoms with van der Waals surface area (Å²) in [5.74, 6) is -1.73. The monoisotopic (exact) mass is 264 g/mol. The Balaban J connectivity index is 2.71. The van der Waals surface area contributed by atoms with Crippen LogP contribution in [0.3, 0.4) is 0 Å². The number of hydrogen-bond acceptors (Lipinski definition) is 5. The van der Waals surface area contributed by atoms with Gasteiger partial charge in [0.25, 0.3) is 0 Å². The third kappa shape index (κ3) is 2.35. The van der Waals surface area contributed by atoms with Crippen LogP contribution in [0.25, 0.3) is 10.9 Å². The molecule has 3 N–H and O–H groups in total. The summed E-state index contributed by atoms with van der Waals surface area (Å²) in [5.41, 5.74) is 0.160. The molecule has 0 aliphatic heterocycles. The number of phenols is 2. The topological polar surface area (TPSA) is 113 Å². The molecule has 0 saturated carbocycles. The Morgan fingerprint density at radius 2 is 1.95 bits per heavy atom. The Kier molecular flexibility index (Phi) is 3.12. The molecular weight excluding hydrogens is 252 g/mol. The molecule has 7 heteroatoms. The second-order valence-electron chi connectivity index (χ2n) is 4.13. The number of phenolic OH excluding ortho intramolecular Hbond substituents is 2. The van der Waals surface area contributed by atoms with E-state index in [4.69, 9.17) is 5.11 Å². The quantitative estimate of drug-likeness (QED) is 0.699. The van der Waals surface area contributed by atoms with E-state index in [-0.39, 0.29) is 24.5 Å². The maximum atomic E-state index is 11.8. The van der Waals surface area contributed by atoms with Crippen molar-refractivity contribution in [3.8, 4) is 11.5 Å². The van der Waals surface area contributed by atoms with Gasteiger partial charge in [0.1, 0.15) is 0 Å². The van der Waals surface area contributed by atoms with Crippen LogP contribution in [0.1, 0.15) is 12.1 Å². The minimum atomic E-state index is -1.04. The molecule has 2 rings (SSSR count). The molecule has 0 amide bonds. The van der Waals surface area contributed by atoms with Crippen molar-refractivity contribution in [2.24, 2.45) is 0 Å². The van der Waals surface area contributed by atoms with Crippen molar-refractivity contribution in [3.05, 3.63) is 28.3 Å². The van der Waals surface area contributed by atoms with Crippen molar-refractivity contribution in [1.29, 1.82) is 0 Å². The molecular formula is C12H12N2O5.